The number of aliphatic hydroxyl groups is 1. The van der Waals surface area contributed by atoms with Crippen molar-refractivity contribution in [2.75, 3.05) is 25.2 Å². The van der Waals surface area contributed by atoms with E-state index in [9.17, 15) is 4.79 Å². The average molecular weight is 207 g/mol. The van der Waals surface area contributed by atoms with Crippen LogP contribution in [-0.2, 0) is 11.2 Å². The van der Waals surface area contributed by atoms with E-state index < -0.39 is 0 Å². The largest absolute Gasteiger partial charge is 0.482 e. The molecule has 0 aliphatic carbocycles. The van der Waals surface area contributed by atoms with Gasteiger partial charge in [-0.2, -0.15) is 0 Å². The van der Waals surface area contributed by atoms with Crippen LogP contribution in [0.1, 0.15) is 5.56 Å². The molecule has 2 rings (SSSR count). The van der Waals surface area contributed by atoms with Crippen LogP contribution in [0.2, 0.25) is 0 Å². The molecule has 1 aliphatic rings. The molecule has 0 bridgehead atoms. The highest BCUT2D eigenvalue weighted by Crippen LogP contribution is 2.31. The zero-order valence-electron chi connectivity index (χ0n) is 8.56. The molecule has 0 saturated heterocycles. The fourth-order valence-corrected chi connectivity index (χ4v) is 1.60. The molecule has 4 nitrogen and oxygen atoms in total. The van der Waals surface area contributed by atoms with E-state index in [2.05, 4.69) is 0 Å². The second kappa shape index (κ2) is 3.90. The number of fused-ring (bicyclic) bond motifs is 1. The molecule has 1 aromatic carbocycles. The van der Waals surface area contributed by atoms with Crippen molar-refractivity contribution in [3.63, 3.8) is 0 Å². The van der Waals surface area contributed by atoms with Crippen LogP contribution >= 0.6 is 0 Å². The van der Waals surface area contributed by atoms with E-state index in [0.717, 1.165) is 17.0 Å². The van der Waals surface area contributed by atoms with Gasteiger partial charge in [0.2, 0.25) is 0 Å². The number of ether oxygens (including phenoxy) is 1. The van der Waals surface area contributed by atoms with Crippen LogP contribution < -0.4 is 9.64 Å². The summed E-state index contributed by atoms with van der Waals surface area (Å²) in [5, 5.41) is 8.83. The van der Waals surface area contributed by atoms with Crippen molar-refractivity contribution in [3.05, 3.63) is 23.8 Å². The van der Waals surface area contributed by atoms with Crippen molar-refractivity contribution < 1.29 is 14.6 Å². The molecule has 80 valence electrons. The molecule has 1 heterocycles. The molecule has 1 N–H and O–H groups in total. The minimum absolute atomic E-state index is 0.0522. The zero-order chi connectivity index (χ0) is 10.8. The van der Waals surface area contributed by atoms with Gasteiger partial charge in [0.05, 0.1) is 5.69 Å². The van der Waals surface area contributed by atoms with Gasteiger partial charge in [0.15, 0.2) is 6.61 Å². The summed E-state index contributed by atoms with van der Waals surface area (Å²) in [7, 11) is 1.73. The Balaban J connectivity index is 2.36. The Kier molecular flexibility index (Phi) is 2.60. The van der Waals surface area contributed by atoms with Gasteiger partial charge in [-0.1, -0.05) is 6.07 Å². The minimum Gasteiger partial charge on any atom is -0.482 e. The summed E-state index contributed by atoms with van der Waals surface area (Å²) in [6.45, 7) is 0.208. The molecule has 4 heteroatoms. The fraction of sp³-hybridized carbons (Fsp3) is 0.364. The van der Waals surface area contributed by atoms with Crippen molar-refractivity contribution in [1.82, 2.24) is 0 Å². The number of rotatable bonds is 2. The zero-order valence-corrected chi connectivity index (χ0v) is 8.56. The van der Waals surface area contributed by atoms with E-state index in [1.165, 1.54) is 0 Å². The van der Waals surface area contributed by atoms with Crippen LogP contribution in [-0.4, -0.2) is 31.3 Å². The maximum Gasteiger partial charge on any atom is 0.264 e. The molecule has 0 aromatic heterocycles. The average Bonchev–Trinajstić information content (AvgIpc) is 2.25. The van der Waals surface area contributed by atoms with Crippen LogP contribution in [0.4, 0.5) is 5.69 Å². The maximum atomic E-state index is 11.4. The Labute approximate surface area is 88.1 Å². The Bertz CT molecular complexity index is 389. The lowest BCUT2D eigenvalue weighted by molar-refractivity contribution is -0.120. The molecule has 1 aliphatic heterocycles. The lowest BCUT2D eigenvalue weighted by Gasteiger charge is -2.26. The molecule has 0 spiro atoms. The molecular formula is C11H13NO3. The monoisotopic (exact) mass is 207 g/mol. The van der Waals surface area contributed by atoms with Crippen LogP contribution in [0.15, 0.2) is 18.2 Å². The fourth-order valence-electron chi connectivity index (χ4n) is 1.60. The van der Waals surface area contributed by atoms with Crippen LogP contribution in [0, 0.1) is 0 Å². The number of hydrogen-bond donors (Lipinski definition) is 1. The predicted molar refractivity (Wildman–Crippen MR) is 56.1 cm³/mol. The number of amides is 1. The van der Waals surface area contributed by atoms with Crippen molar-refractivity contribution in [1.29, 1.82) is 0 Å². The smallest absolute Gasteiger partial charge is 0.264 e. The third kappa shape index (κ3) is 1.80. The van der Waals surface area contributed by atoms with Gasteiger partial charge in [0.1, 0.15) is 5.75 Å². The van der Waals surface area contributed by atoms with Gasteiger partial charge in [-0.05, 0) is 24.1 Å². The summed E-state index contributed by atoms with van der Waals surface area (Å²) in [6.07, 6.45) is 0.593. The standard InChI is InChI=1S/C11H13NO3/c1-12-9-6-8(4-5-13)2-3-10(9)15-7-11(12)14/h2-3,6,13H,4-5,7H2,1H3. The predicted octanol–water partition coefficient (Wildman–Crippen LogP) is 0.577. The van der Waals surface area contributed by atoms with E-state index in [1.54, 1.807) is 11.9 Å². The van der Waals surface area contributed by atoms with E-state index in [1.807, 2.05) is 18.2 Å². The molecular weight excluding hydrogens is 194 g/mol. The molecule has 0 unspecified atom stereocenters. The molecule has 15 heavy (non-hydrogen) atoms. The number of hydrogen-bond acceptors (Lipinski definition) is 3. The van der Waals surface area contributed by atoms with Crippen molar-refractivity contribution in [2.45, 2.75) is 6.42 Å². The number of carbonyl (C=O) groups excluding carboxylic acids is 1. The van der Waals surface area contributed by atoms with Gasteiger partial charge < -0.3 is 14.7 Å². The van der Waals surface area contributed by atoms with Crippen LogP contribution in [0.5, 0.6) is 5.75 Å². The third-order valence-electron chi connectivity index (χ3n) is 2.51. The summed E-state index contributed by atoms with van der Waals surface area (Å²) in [4.78, 5) is 13.0. The molecule has 0 fully saturated rings. The lowest BCUT2D eigenvalue weighted by Crippen LogP contribution is -2.35. The Morgan fingerprint density at radius 3 is 3.07 bits per heavy atom. The first-order chi connectivity index (χ1) is 7.22. The first kappa shape index (κ1) is 9.98. The SMILES string of the molecule is CN1C(=O)COc2ccc(CCO)cc21. The number of likely N-dealkylation sites (N-methyl/N-ethyl adjacent to an activating group) is 1. The number of carbonyl (C=O) groups is 1. The molecule has 0 saturated carbocycles. The van der Waals surface area contributed by atoms with Gasteiger partial charge in [-0.25, -0.2) is 0 Å². The maximum absolute atomic E-state index is 11.4. The molecule has 1 amide bonds. The van der Waals surface area contributed by atoms with E-state index >= 15 is 0 Å². The van der Waals surface area contributed by atoms with Crippen molar-refractivity contribution in [3.8, 4) is 5.75 Å². The lowest BCUT2D eigenvalue weighted by atomic mass is 10.1. The highest BCUT2D eigenvalue weighted by atomic mass is 16.5. The first-order valence-corrected chi connectivity index (χ1v) is 4.85. The summed E-state index contributed by atoms with van der Waals surface area (Å²) in [6, 6.07) is 5.62. The summed E-state index contributed by atoms with van der Waals surface area (Å²) in [5.74, 6) is 0.669. The van der Waals surface area contributed by atoms with E-state index in [4.69, 9.17) is 9.84 Å². The summed E-state index contributed by atoms with van der Waals surface area (Å²) < 4.78 is 5.29. The number of nitrogens with zero attached hydrogens (tertiary/aromatic N) is 1. The topological polar surface area (TPSA) is 49.8 Å². The summed E-state index contributed by atoms with van der Waals surface area (Å²) >= 11 is 0. The third-order valence-corrected chi connectivity index (χ3v) is 2.51. The van der Waals surface area contributed by atoms with Crippen LogP contribution in [0.25, 0.3) is 0 Å². The number of benzene rings is 1. The highest BCUT2D eigenvalue weighted by molar-refractivity contribution is 5.97. The Morgan fingerprint density at radius 2 is 2.33 bits per heavy atom. The quantitative estimate of drug-likeness (QED) is 0.771. The van der Waals surface area contributed by atoms with Gasteiger partial charge in [0.25, 0.3) is 5.91 Å². The van der Waals surface area contributed by atoms with Gasteiger partial charge in [-0.15, -0.1) is 0 Å². The van der Waals surface area contributed by atoms with Gasteiger partial charge in [0, 0.05) is 13.7 Å². The van der Waals surface area contributed by atoms with E-state index in [-0.39, 0.29) is 19.1 Å². The minimum atomic E-state index is -0.0522. The highest BCUT2D eigenvalue weighted by Gasteiger charge is 2.21. The van der Waals surface area contributed by atoms with Crippen molar-refractivity contribution >= 4 is 11.6 Å². The second-order valence-electron chi connectivity index (χ2n) is 3.52. The first-order valence-electron chi connectivity index (χ1n) is 4.85. The molecule has 0 atom stereocenters. The van der Waals surface area contributed by atoms with Gasteiger partial charge >= 0.3 is 0 Å². The van der Waals surface area contributed by atoms with Gasteiger partial charge in [-0.3, -0.25) is 4.79 Å². The van der Waals surface area contributed by atoms with Crippen LogP contribution in [0.3, 0.4) is 0 Å². The summed E-state index contributed by atoms with van der Waals surface area (Å²) in [5.41, 5.74) is 1.78. The van der Waals surface area contributed by atoms with Crippen molar-refractivity contribution in [2.24, 2.45) is 0 Å². The Hall–Kier alpha value is -1.55. The van der Waals surface area contributed by atoms with E-state index in [0.29, 0.717) is 6.42 Å². The molecule has 0 radical (unpaired) electrons. The number of anilines is 1. The second-order valence-corrected chi connectivity index (χ2v) is 3.52. The normalized spacial score (nSPS) is 14.8. The Morgan fingerprint density at radius 1 is 1.53 bits per heavy atom. The molecule has 1 aromatic rings. The number of aliphatic hydroxyl groups excluding tert-OH is 1.